The average molecular weight is 349 g/mol. The molecule has 1 aliphatic heterocycles. The number of nitrogens with zero attached hydrogens (tertiary/aromatic N) is 4. The molecular weight excluding hydrogens is 330 g/mol. The van der Waals surface area contributed by atoms with Crippen molar-refractivity contribution in [2.24, 2.45) is 11.7 Å². The Balaban J connectivity index is 1.72. The number of aromatic nitrogens is 3. The molecule has 2 atom stereocenters. The van der Waals surface area contributed by atoms with Crippen LogP contribution >= 0.6 is 0 Å². The summed E-state index contributed by atoms with van der Waals surface area (Å²) in [6.07, 6.45) is 2.85. The van der Waals surface area contributed by atoms with Crippen LogP contribution in [-0.2, 0) is 0 Å². The first-order valence-electron chi connectivity index (χ1n) is 8.47. The summed E-state index contributed by atoms with van der Waals surface area (Å²) in [5.41, 5.74) is 8.51. The molecule has 2 unspecified atom stereocenters. The van der Waals surface area contributed by atoms with Gasteiger partial charge in [-0.2, -0.15) is 5.10 Å². The van der Waals surface area contributed by atoms with Crippen molar-refractivity contribution < 1.29 is 9.59 Å². The van der Waals surface area contributed by atoms with E-state index < -0.39 is 5.91 Å². The van der Waals surface area contributed by atoms with Gasteiger partial charge in [0, 0.05) is 12.7 Å². The normalized spacial score (nSPS) is 19.4. The lowest BCUT2D eigenvalue weighted by molar-refractivity contribution is 0.0189. The van der Waals surface area contributed by atoms with E-state index in [2.05, 4.69) is 29.1 Å². The van der Waals surface area contributed by atoms with Crippen molar-refractivity contribution in [1.82, 2.24) is 19.5 Å². The van der Waals surface area contributed by atoms with Gasteiger partial charge in [0.1, 0.15) is 11.3 Å². The third-order valence-corrected chi connectivity index (χ3v) is 4.89. The van der Waals surface area contributed by atoms with Gasteiger partial charge in [0.2, 0.25) is 0 Å². The van der Waals surface area contributed by atoms with Gasteiger partial charge in [0.25, 0.3) is 11.8 Å². The number of likely N-dealkylation sites (tertiary alicyclic amines) is 1. The van der Waals surface area contributed by atoms with Crippen molar-refractivity contribution in [2.75, 3.05) is 6.54 Å². The lowest BCUT2D eigenvalue weighted by atomic mass is 9.84. The van der Waals surface area contributed by atoms with Gasteiger partial charge in [-0.3, -0.25) is 9.59 Å². The average Bonchev–Trinajstić information content (AvgIpc) is 3.03. The van der Waals surface area contributed by atoms with E-state index in [0.717, 1.165) is 5.56 Å². The Morgan fingerprint density at radius 1 is 1.27 bits per heavy atom. The molecule has 0 saturated carbocycles. The largest absolute Gasteiger partial charge is 0.365 e. The Bertz CT molecular complexity index is 1030. The topological polar surface area (TPSA) is 93.6 Å². The SMILES string of the molecule is Cc1cccc(C2C(C)CN2C(=O)c2ccnc3c(C(N)=O)cnn23)c1. The zero-order valence-electron chi connectivity index (χ0n) is 14.6. The molecule has 1 saturated heterocycles. The molecule has 7 nitrogen and oxygen atoms in total. The van der Waals surface area contributed by atoms with E-state index in [4.69, 9.17) is 5.73 Å². The summed E-state index contributed by atoms with van der Waals surface area (Å²) >= 11 is 0. The number of benzene rings is 1. The predicted octanol–water partition coefficient (Wildman–Crippen LogP) is 1.97. The fraction of sp³-hybridized carbons (Fsp3) is 0.263. The van der Waals surface area contributed by atoms with Crippen LogP contribution < -0.4 is 5.73 Å². The van der Waals surface area contributed by atoms with Gasteiger partial charge in [-0.25, -0.2) is 9.50 Å². The fourth-order valence-electron chi connectivity index (χ4n) is 3.64. The van der Waals surface area contributed by atoms with Crippen LogP contribution in [0.5, 0.6) is 0 Å². The Hall–Kier alpha value is -3.22. The van der Waals surface area contributed by atoms with Crippen molar-refractivity contribution in [3.05, 3.63) is 65.1 Å². The minimum Gasteiger partial charge on any atom is -0.365 e. The molecule has 1 fully saturated rings. The van der Waals surface area contributed by atoms with Gasteiger partial charge in [0.15, 0.2) is 5.65 Å². The van der Waals surface area contributed by atoms with Crippen LogP contribution in [-0.4, -0.2) is 37.9 Å². The van der Waals surface area contributed by atoms with E-state index in [1.165, 1.54) is 22.5 Å². The van der Waals surface area contributed by atoms with Crippen molar-refractivity contribution in [1.29, 1.82) is 0 Å². The molecule has 1 aromatic carbocycles. The Labute approximate surface area is 150 Å². The molecule has 2 N–H and O–H groups in total. The number of hydrogen-bond donors (Lipinski definition) is 1. The second-order valence-corrected chi connectivity index (χ2v) is 6.78. The van der Waals surface area contributed by atoms with Gasteiger partial charge in [-0.1, -0.05) is 36.8 Å². The van der Waals surface area contributed by atoms with Crippen LogP contribution in [0.3, 0.4) is 0 Å². The molecule has 132 valence electrons. The van der Waals surface area contributed by atoms with E-state index >= 15 is 0 Å². The minimum atomic E-state index is -0.618. The number of fused-ring (bicyclic) bond motifs is 1. The number of carbonyl (C=O) groups excluding carboxylic acids is 2. The van der Waals surface area contributed by atoms with Gasteiger partial charge in [0.05, 0.1) is 12.2 Å². The molecule has 0 radical (unpaired) electrons. The molecular formula is C19H19N5O2. The number of rotatable bonds is 3. The van der Waals surface area contributed by atoms with E-state index in [-0.39, 0.29) is 17.5 Å². The molecule has 3 aromatic rings. The van der Waals surface area contributed by atoms with Gasteiger partial charge in [-0.15, -0.1) is 0 Å². The Kier molecular flexibility index (Phi) is 3.72. The molecule has 4 rings (SSSR count). The summed E-state index contributed by atoms with van der Waals surface area (Å²) < 4.78 is 1.39. The van der Waals surface area contributed by atoms with Crippen LogP contribution in [0.1, 0.15) is 44.9 Å². The third-order valence-electron chi connectivity index (χ3n) is 4.89. The molecule has 3 heterocycles. The highest BCUT2D eigenvalue weighted by Gasteiger charge is 2.41. The second-order valence-electron chi connectivity index (χ2n) is 6.78. The van der Waals surface area contributed by atoms with Gasteiger partial charge in [-0.05, 0) is 24.5 Å². The summed E-state index contributed by atoms with van der Waals surface area (Å²) in [4.78, 5) is 30.6. The van der Waals surface area contributed by atoms with Crippen LogP contribution in [0.15, 0.2) is 42.7 Å². The zero-order valence-corrected chi connectivity index (χ0v) is 14.6. The van der Waals surface area contributed by atoms with Crippen LogP contribution in [0, 0.1) is 12.8 Å². The lowest BCUT2D eigenvalue weighted by Crippen LogP contribution is -2.51. The highest BCUT2D eigenvalue weighted by Crippen LogP contribution is 2.39. The standard InChI is InChI=1S/C19H19N5O2/c1-11-4-3-5-13(8-11)16-12(2)10-23(16)19(26)15-6-7-21-18-14(17(20)25)9-22-24(15)18/h3-9,12,16H,10H2,1-2H3,(H2,20,25). The summed E-state index contributed by atoms with van der Waals surface area (Å²) in [5.74, 6) is -0.384. The van der Waals surface area contributed by atoms with E-state index in [1.54, 1.807) is 6.07 Å². The molecule has 0 bridgehead atoms. The first-order chi connectivity index (χ1) is 12.5. The van der Waals surface area contributed by atoms with E-state index in [0.29, 0.717) is 23.8 Å². The summed E-state index contributed by atoms with van der Waals surface area (Å²) in [6.45, 7) is 4.85. The van der Waals surface area contributed by atoms with E-state index in [1.807, 2.05) is 24.0 Å². The van der Waals surface area contributed by atoms with E-state index in [9.17, 15) is 9.59 Å². The summed E-state index contributed by atoms with van der Waals surface area (Å²) in [6, 6.07) is 9.85. The first-order valence-corrected chi connectivity index (χ1v) is 8.47. The molecule has 2 aromatic heterocycles. The van der Waals surface area contributed by atoms with Crippen molar-refractivity contribution in [3.63, 3.8) is 0 Å². The molecule has 1 aliphatic rings. The number of hydrogen-bond acceptors (Lipinski definition) is 4. The van der Waals surface area contributed by atoms with Crippen molar-refractivity contribution >= 4 is 17.5 Å². The first kappa shape index (κ1) is 16.3. The minimum absolute atomic E-state index is 0.0248. The highest BCUT2D eigenvalue weighted by atomic mass is 16.2. The van der Waals surface area contributed by atoms with Crippen LogP contribution in [0.4, 0.5) is 0 Å². The maximum atomic E-state index is 13.2. The van der Waals surface area contributed by atoms with Crippen molar-refractivity contribution in [2.45, 2.75) is 19.9 Å². The number of aryl methyl sites for hydroxylation is 1. The van der Waals surface area contributed by atoms with Crippen LogP contribution in [0.25, 0.3) is 5.65 Å². The summed E-state index contributed by atoms with van der Waals surface area (Å²) in [5, 5.41) is 4.14. The highest BCUT2D eigenvalue weighted by molar-refractivity contribution is 6.00. The monoisotopic (exact) mass is 349 g/mol. The summed E-state index contributed by atoms with van der Waals surface area (Å²) in [7, 11) is 0. The molecule has 0 aliphatic carbocycles. The Morgan fingerprint density at radius 2 is 2.08 bits per heavy atom. The predicted molar refractivity (Wildman–Crippen MR) is 95.6 cm³/mol. The quantitative estimate of drug-likeness (QED) is 0.782. The second kappa shape index (κ2) is 5.94. The number of primary amides is 1. The lowest BCUT2D eigenvalue weighted by Gasteiger charge is -2.47. The number of nitrogens with two attached hydrogens (primary N) is 1. The Morgan fingerprint density at radius 3 is 2.77 bits per heavy atom. The zero-order chi connectivity index (χ0) is 18.4. The van der Waals surface area contributed by atoms with Crippen LogP contribution in [0.2, 0.25) is 0 Å². The maximum Gasteiger partial charge on any atom is 0.273 e. The maximum absolute atomic E-state index is 13.2. The fourth-order valence-corrected chi connectivity index (χ4v) is 3.64. The molecule has 2 amide bonds. The molecule has 7 heteroatoms. The molecule has 0 spiro atoms. The smallest absolute Gasteiger partial charge is 0.273 e. The van der Waals surface area contributed by atoms with Gasteiger partial charge < -0.3 is 10.6 Å². The van der Waals surface area contributed by atoms with Gasteiger partial charge >= 0.3 is 0 Å². The number of amides is 2. The molecule has 26 heavy (non-hydrogen) atoms. The number of carbonyl (C=O) groups is 2. The van der Waals surface area contributed by atoms with Crippen molar-refractivity contribution in [3.8, 4) is 0 Å². The third kappa shape index (κ3) is 2.44.